The van der Waals surface area contributed by atoms with E-state index in [-0.39, 0.29) is 5.78 Å². The smallest absolute Gasteiger partial charge is 0.195 e. The molecule has 0 aliphatic heterocycles. The van der Waals surface area contributed by atoms with Gasteiger partial charge in [0.25, 0.3) is 0 Å². The normalized spacial score (nSPS) is 12.5. The average molecular weight is 371 g/mol. The third-order valence-corrected chi connectivity index (χ3v) is 4.74. The van der Waals surface area contributed by atoms with Gasteiger partial charge in [0.05, 0.1) is 12.9 Å². The third-order valence-electron chi connectivity index (χ3n) is 4.24. The molecule has 2 aromatic heterocycles. The van der Waals surface area contributed by atoms with E-state index in [0.717, 1.165) is 22.3 Å². The van der Waals surface area contributed by atoms with Gasteiger partial charge in [-0.05, 0) is 31.9 Å². The summed E-state index contributed by atoms with van der Waals surface area (Å²) in [6, 6.07) is 4.03. The van der Waals surface area contributed by atoms with Gasteiger partial charge in [-0.3, -0.25) is 4.79 Å². The standard InChI is InChI=1S/C18H22N5O2P/c1-10-6-11(2)13(12(3)7-10)15(24)18(26)25-5-4-23-9-22-14-16(19)20-8-21-17(14)23/h6-9,18H,4-5,26H2,1-3H3,(H2,19,20,21)/t18-/m1/s1. The minimum Gasteiger partial charge on any atom is -0.382 e. The van der Waals surface area contributed by atoms with E-state index >= 15 is 0 Å². The van der Waals surface area contributed by atoms with Crippen molar-refractivity contribution in [2.24, 2.45) is 0 Å². The number of Topliss-reactive ketones (excluding diaryl/α,β-unsaturated/α-hetero) is 1. The Hall–Kier alpha value is -2.37. The van der Waals surface area contributed by atoms with E-state index in [0.29, 0.717) is 30.1 Å². The van der Waals surface area contributed by atoms with Gasteiger partial charge >= 0.3 is 0 Å². The summed E-state index contributed by atoms with van der Waals surface area (Å²) in [5.41, 5.74) is 10.8. The van der Waals surface area contributed by atoms with Crippen LogP contribution < -0.4 is 5.73 Å². The predicted molar refractivity (Wildman–Crippen MR) is 104 cm³/mol. The highest BCUT2D eigenvalue weighted by molar-refractivity contribution is 7.19. The highest BCUT2D eigenvalue weighted by Crippen LogP contribution is 2.21. The zero-order valence-corrected chi connectivity index (χ0v) is 16.2. The van der Waals surface area contributed by atoms with Crippen molar-refractivity contribution in [2.45, 2.75) is 33.2 Å². The lowest BCUT2D eigenvalue weighted by Crippen LogP contribution is -2.22. The fourth-order valence-electron chi connectivity index (χ4n) is 3.13. The Labute approximate surface area is 154 Å². The van der Waals surface area contributed by atoms with Crippen LogP contribution in [-0.2, 0) is 11.3 Å². The molecule has 2 heterocycles. The molecule has 136 valence electrons. The fourth-order valence-corrected chi connectivity index (χ4v) is 3.43. The Morgan fingerprint density at radius 2 is 1.92 bits per heavy atom. The van der Waals surface area contributed by atoms with Crippen LogP contribution in [0.25, 0.3) is 11.2 Å². The maximum absolute atomic E-state index is 12.7. The molecule has 26 heavy (non-hydrogen) atoms. The molecular weight excluding hydrogens is 349 g/mol. The lowest BCUT2D eigenvalue weighted by Gasteiger charge is -2.16. The number of ketones is 1. The van der Waals surface area contributed by atoms with E-state index in [1.54, 1.807) is 6.33 Å². The van der Waals surface area contributed by atoms with Crippen LogP contribution in [0.4, 0.5) is 5.82 Å². The summed E-state index contributed by atoms with van der Waals surface area (Å²) in [4.78, 5) is 25.1. The number of hydrogen-bond donors (Lipinski definition) is 1. The van der Waals surface area contributed by atoms with Crippen molar-refractivity contribution in [3.8, 4) is 0 Å². The van der Waals surface area contributed by atoms with Crippen LogP contribution in [0.3, 0.4) is 0 Å². The van der Waals surface area contributed by atoms with Gasteiger partial charge in [0, 0.05) is 12.1 Å². The highest BCUT2D eigenvalue weighted by atomic mass is 31.0. The SMILES string of the molecule is Cc1cc(C)c(C(=O)[C@@H](P)OCCn2cnc3c(N)ncnc32)c(C)c1. The molecule has 0 bridgehead atoms. The van der Waals surface area contributed by atoms with Crippen LogP contribution in [0.2, 0.25) is 0 Å². The molecule has 3 rings (SSSR count). The number of aromatic nitrogens is 4. The monoisotopic (exact) mass is 371 g/mol. The first-order valence-electron chi connectivity index (χ1n) is 8.29. The number of nitrogen functional groups attached to an aromatic ring is 1. The number of carbonyl (C=O) groups excluding carboxylic acids is 1. The average Bonchev–Trinajstić information content (AvgIpc) is 2.98. The second kappa shape index (κ2) is 7.48. The molecule has 8 heteroatoms. The summed E-state index contributed by atoms with van der Waals surface area (Å²) in [6.45, 7) is 6.78. The van der Waals surface area contributed by atoms with Crippen molar-refractivity contribution >= 4 is 32.0 Å². The minimum atomic E-state index is -0.607. The summed E-state index contributed by atoms with van der Waals surface area (Å²) in [5.74, 6) is -0.296. The van der Waals surface area contributed by atoms with Crippen LogP contribution in [0.15, 0.2) is 24.8 Å². The van der Waals surface area contributed by atoms with E-state index in [1.807, 2.05) is 37.5 Å². The van der Waals surface area contributed by atoms with Crippen LogP contribution >= 0.6 is 9.24 Å². The van der Waals surface area contributed by atoms with E-state index in [9.17, 15) is 4.79 Å². The number of anilines is 1. The van der Waals surface area contributed by atoms with E-state index in [4.69, 9.17) is 10.5 Å². The lowest BCUT2D eigenvalue weighted by molar-refractivity contribution is 0.0656. The Kier molecular flexibility index (Phi) is 5.30. The summed E-state index contributed by atoms with van der Waals surface area (Å²) in [7, 11) is 2.48. The van der Waals surface area contributed by atoms with Gasteiger partial charge in [-0.25, -0.2) is 15.0 Å². The van der Waals surface area contributed by atoms with Gasteiger partial charge < -0.3 is 15.0 Å². The number of fused-ring (bicyclic) bond motifs is 1. The number of benzene rings is 1. The van der Waals surface area contributed by atoms with Crippen molar-refractivity contribution in [3.05, 3.63) is 47.0 Å². The second-order valence-corrected chi connectivity index (χ2v) is 6.90. The van der Waals surface area contributed by atoms with Crippen molar-refractivity contribution in [2.75, 3.05) is 12.3 Å². The number of nitrogens with two attached hydrogens (primary N) is 1. The Balaban J connectivity index is 1.66. The number of imidazole rings is 1. The Morgan fingerprint density at radius 1 is 1.23 bits per heavy atom. The number of ether oxygens (including phenoxy) is 1. The molecule has 1 unspecified atom stereocenters. The molecule has 2 atom stereocenters. The summed E-state index contributed by atoms with van der Waals surface area (Å²) in [5, 5.41) is 0. The topological polar surface area (TPSA) is 95.9 Å². The highest BCUT2D eigenvalue weighted by Gasteiger charge is 2.20. The molecule has 0 radical (unpaired) electrons. The molecule has 0 saturated heterocycles. The zero-order valence-electron chi connectivity index (χ0n) is 15.1. The third kappa shape index (κ3) is 3.59. The number of aryl methyl sites for hydroxylation is 3. The number of carbonyl (C=O) groups is 1. The van der Waals surface area contributed by atoms with Gasteiger partial charge in [0.15, 0.2) is 17.2 Å². The number of rotatable bonds is 6. The minimum absolute atomic E-state index is 0.0351. The van der Waals surface area contributed by atoms with Gasteiger partial charge in [-0.15, -0.1) is 0 Å². The predicted octanol–water partition coefficient (Wildman–Crippen LogP) is 2.43. The van der Waals surface area contributed by atoms with Crippen molar-refractivity contribution in [3.63, 3.8) is 0 Å². The molecule has 7 nitrogen and oxygen atoms in total. The van der Waals surface area contributed by atoms with Gasteiger partial charge in [0.2, 0.25) is 0 Å². The maximum Gasteiger partial charge on any atom is 0.195 e. The first kappa shape index (κ1) is 18.4. The number of hydrogen-bond acceptors (Lipinski definition) is 6. The van der Waals surface area contributed by atoms with Gasteiger partial charge in [-0.1, -0.05) is 26.9 Å². The van der Waals surface area contributed by atoms with Crippen LogP contribution in [-0.4, -0.2) is 37.8 Å². The summed E-state index contributed by atoms with van der Waals surface area (Å²) >= 11 is 0. The largest absolute Gasteiger partial charge is 0.382 e. The van der Waals surface area contributed by atoms with Crippen molar-refractivity contribution in [1.29, 1.82) is 0 Å². The number of nitrogens with zero attached hydrogens (tertiary/aromatic N) is 4. The first-order valence-corrected chi connectivity index (χ1v) is 8.95. The molecule has 0 aliphatic rings. The summed E-state index contributed by atoms with van der Waals surface area (Å²) < 4.78 is 7.57. The van der Waals surface area contributed by atoms with Crippen LogP contribution in [0.5, 0.6) is 0 Å². The van der Waals surface area contributed by atoms with Gasteiger partial charge in [0.1, 0.15) is 17.7 Å². The molecule has 0 aliphatic carbocycles. The Morgan fingerprint density at radius 3 is 2.62 bits per heavy atom. The van der Waals surface area contributed by atoms with Crippen molar-refractivity contribution in [1.82, 2.24) is 19.5 Å². The van der Waals surface area contributed by atoms with E-state index < -0.39 is 5.85 Å². The molecule has 1 aromatic carbocycles. The van der Waals surface area contributed by atoms with E-state index in [1.165, 1.54) is 6.33 Å². The van der Waals surface area contributed by atoms with Crippen molar-refractivity contribution < 1.29 is 9.53 Å². The molecule has 0 spiro atoms. The van der Waals surface area contributed by atoms with Crippen LogP contribution in [0, 0.1) is 20.8 Å². The van der Waals surface area contributed by atoms with Crippen LogP contribution in [0.1, 0.15) is 27.0 Å². The molecule has 0 fully saturated rings. The van der Waals surface area contributed by atoms with E-state index in [2.05, 4.69) is 24.2 Å². The molecular formula is C18H22N5O2P. The lowest BCUT2D eigenvalue weighted by atomic mass is 9.97. The quantitative estimate of drug-likeness (QED) is 0.528. The van der Waals surface area contributed by atoms with Gasteiger partial charge in [-0.2, -0.15) is 0 Å². The second-order valence-electron chi connectivity index (χ2n) is 6.30. The maximum atomic E-state index is 12.7. The summed E-state index contributed by atoms with van der Waals surface area (Å²) in [6.07, 6.45) is 3.05. The fraction of sp³-hybridized carbons (Fsp3) is 0.333. The molecule has 3 aromatic rings. The molecule has 0 saturated carbocycles. The first-order chi connectivity index (χ1) is 12.4. The molecule has 2 N–H and O–H groups in total. The molecule has 0 amide bonds. The Bertz CT molecular complexity index is 946. The zero-order chi connectivity index (χ0) is 18.8.